The summed E-state index contributed by atoms with van der Waals surface area (Å²) in [5.74, 6) is -1.93. The first kappa shape index (κ1) is 24.6. The van der Waals surface area contributed by atoms with Crippen LogP contribution in [0.4, 0.5) is 0 Å². The second-order valence-electron chi connectivity index (χ2n) is 7.87. The van der Waals surface area contributed by atoms with Crippen molar-refractivity contribution < 1.29 is 23.1 Å². The van der Waals surface area contributed by atoms with Crippen molar-refractivity contribution in [3.8, 4) is 0 Å². The van der Waals surface area contributed by atoms with E-state index in [1.807, 2.05) is 6.92 Å². The van der Waals surface area contributed by atoms with Gasteiger partial charge in [0, 0.05) is 6.54 Å². The van der Waals surface area contributed by atoms with Crippen LogP contribution in [0, 0.1) is 6.92 Å². The number of carbonyl (C=O) groups is 2. The number of guanidine groups is 1. The Morgan fingerprint density at radius 2 is 1.77 bits per heavy atom. The predicted octanol–water partition coefficient (Wildman–Crippen LogP) is 0.599. The molecule has 1 aromatic carbocycles. The molecule has 1 atom stereocenters. The molecular formula is C20H31N5O5S. The summed E-state index contributed by atoms with van der Waals surface area (Å²) in [7, 11) is -3.97. The third-order valence-electron chi connectivity index (χ3n) is 5.35. The van der Waals surface area contributed by atoms with Gasteiger partial charge in [-0.15, -0.1) is 0 Å². The zero-order valence-electron chi connectivity index (χ0n) is 17.6. The van der Waals surface area contributed by atoms with Crippen LogP contribution in [0.15, 0.2) is 34.2 Å². The minimum Gasteiger partial charge on any atom is -0.480 e. The number of carboxylic acid groups (broad SMARTS) is 1. The highest BCUT2D eigenvalue weighted by Crippen LogP contribution is 2.30. The molecule has 1 aromatic rings. The van der Waals surface area contributed by atoms with Gasteiger partial charge < -0.3 is 21.9 Å². The summed E-state index contributed by atoms with van der Waals surface area (Å²) in [6, 6.07) is 5.15. The van der Waals surface area contributed by atoms with Crippen LogP contribution >= 0.6 is 0 Å². The summed E-state index contributed by atoms with van der Waals surface area (Å²) in [5.41, 5.74) is 10.0. The molecule has 1 fully saturated rings. The summed E-state index contributed by atoms with van der Waals surface area (Å²) in [6.45, 7) is 2.08. The van der Waals surface area contributed by atoms with Crippen LogP contribution in [0.1, 0.15) is 50.5 Å². The number of rotatable bonds is 10. The van der Waals surface area contributed by atoms with Gasteiger partial charge in [-0.2, -0.15) is 4.72 Å². The lowest BCUT2D eigenvalue weighted by Gasteiger charge is -2.37. The molecule has 7 N–H and O–H groups in total. The number of hydrogen-bond donors (Lipinski definition) is 5. The van der Waals surface area contributed by atoms with Gasteiger partial charge in [-0.1, -0.05) is 37.0 Å². The fraction of sp³-hybridized carbons (Fsp3) is 0.550. The van der Waals surface area contributed by atoms with Crippen molar-refractivity contribution in [2.45, 2.75) is 68.3 Å². The molecule has 0 spiro atoms. The quantitative estimate of drug-likeness (QED) is 0.196. The normalized spacial score (nSPS) is 16.8. The third kappa shape index (κ3) is 6.93. The third-order valence-corrected chi connectivity index (χ3v) is 6.90. The largest absolute Gasteiger partial charge is 0.480 e. The molecule has 1 aliphatic carbocycles. The number of hydrogen-bond acceptors (Lipinski definition) is 5. The molecule has 0 aromatic heterocycles. The van der Waals surface area contributed by atoms with Crippen molar-refractivity contribution in [1.82, 2.24) is 10.0 Å². The maximum absolute atomic E-state index is 13.2. The number of sulfonamides is 1. The minimum atomic E-state index is -3.97. The smallest absolute Gasteiger partial charge is 0.326 e. The van der Waals surface area contributed by atoms with Crippen molar-refractivity contribution in [1.29, 1.82) is 0 Å². The summed E-state index contributed by atoms with van der Waals surface area (Å²) >= 11 is 0. The number of aryl methyl sites for hydroxylation is 1. The Kier molecular flexibility index (Phi) is 8.40. The van der Waals surface area contributed by atoms with Crippen molar-refractivity contribution in [3.05, 3.63) is 29.8 Å². The van der Waals surface area contributed by atoms with Crippen LogP contribution in [0.5, 0.6) is 0 Å². The van der Waals surface area contributed by atoms with Gasteiger partial charge in [0.05, 0.1) is 4.90 Å². The van der Waals surface area contributed by atoms with Crippen molar-refractivity contribution in [2.24, 2.45) is 16.5 Å². The highest BCUT2D eigenvalue weighted by molar-refractivity contribution is 7.89. The van der Waals surface area contributed by atoms with Gasteiger partial charge in [-0.3, -0.25) is 9.79 Å². The van der Waals surface area contributed by atoms with E-state index in [0.717, 1.165) is 12.0 Å². The zero-order chi connectivity index (χ0) is 23.1. The molecule has 0 radical (unpaired) electrons. The van der Waals surface area contributed by atoms with Gasteiger partial charge in [-0.05, 0) is 44.7 Å². The Morgan fingerprint density at radius 1 is 1.16 bits per heavy atom. The molecule has 0 unspecified atom stereocenters. The molecule has 0 aliphatic heterocycles. The van der Waals surface area contributed by atoms with Crippen LogP contribution in [-0.2, 0) is 19.6 Å². The molecule has 0 bridgehead atoms. The molecule has 1 aliphatic rings. The summed E-state index contributed by atoms with van der Waals surface area (Å²) in [4.78, 5) is 28.7. The number of nitrogens with zero attached hydrogens (tertiary/aromatic N) is 1. The Labute approximate surface area is 182 Å². The van der Waals surface area contributed by atoms with Gasteiger partial charge in [0.2, 0.25) is 15.9 Å². The Balaban J connectivity index is 2.19. The van der Waals surface area contributed by atoms with E-state index in [4.69, 9.17) is 11.5 Å². The monoisotopic (exact) mass is 453 g/mol. The summed E-state index contributed by atoms with van der Waals surface area (Å²) in [6.07, 6.45) is 3.24. The zero-order valence-corrected chi connectivity index (χ0v) is 18.5. The van der Waals surface area contributed by atoms with Gasteiger partial charge in [0.15, 0.2) is 5.96 Å². The van der Waals surface area contributed by atoms with E-state index in [-0.39, 0.29) is 23.8 Å². The van der Waals surface area contributed by atoms with Crippen LogP contribution in [0.25, 0.3) is 0 Å². The van der Waals surface area contributed by atoms with E-state index in [0.29, 0.717) is 32.1 Å². The average Bonchev–Trinajstić information content (AvgIpc) is 2.70. The molecule has 172 valence electrons. The molecule has 1 amide bonds. The van der Waals surface area contributed by atoms with E-state index in [1.54, 1.807) is 12.1 Å². The number of carboxylic acids is 1. The van der Waals surface area contributed by atoms with Crippen molar-refractivity contribution >= 4 is 27.9 Å². The number of amides is 1. The number of nitrogens with one attached hydrogen (secondary N) is 2. The van der Waals surface area contributed by atoms with Crippen LogP contribution in [0.3, 0.4) is 0 Å². The van der Waals surface area contributed by atoms with Crippen LogP contribution in [-0.4, -0.2) is 49.5 Å². The molecule has 11 heteroatoms. The second kappa shape index (κ2) is 10.6. The fourth-order valence-electron chi connectivity index (χ4n) is 3.62. The number of benzene rings is 1. The highest BCUT2D eigenvalue weighted by Gasteiger charge is 2.44. The summed E-state index contributed by atoms with van der Waals surface area (Å²) < 4.78 is 28.5. The van der Waals surface area contributed by atoms with Gasteiger partial charge in [-0.25, -0.2) is 13.2 Å². The Morgan fingerprint density at radius 3 is 2.32 bits per heavy atom. The Bertz CT molecular complexity index is 904. The lowest BCUT2D eigenvalue weighted by molar-refractivity contribution is -0.143. The van der Waals surface area contributed by atoms with E-state index in [9.17, 15) is 23.1 Å². The highest BCUT2D eigenvalue weighted by atomic mass is 32.2. The van der Waals surface area contributed by atoms with Gasteiger partial charge >= 0.3 is 5.97 Å². The van der Waals surface area contributed by atoms with E-state index >= 15 is 0 Å². The lowest BCUT2D eigenvalue weighted by atomic mass is 9.81. The standard InChI is InChI=1S/C20H31N5O5S/c1-14-7-9-15(10-8-14)31(29,30)25-20(11-3-2-4-12-20)18(28)24-16(17(26)27)6-5-13-23-19(21)22/h7-10,16,25H,2-6,11-13H2,1H3,(H,24,28)(H,26,27)(H4,21,22,23)/t16-/m1/s1. The number of aliphatic imine (C=N–C) groups is 1. The van der Waals surface area contributed by atoms with E-state index < -0.39 is 33.5 Å². The fourth-order valence-corrected chi connectivity index (χ4v) is 5.05. The van der Waals surface area contributed by atoms with Crippen LogP contribution in [0.2, 0.25) is 0 Å². The maximum Gasteiger partial charge on any atom is 0.326 e. The average molecular weight is 454 g/mol. The number of aliphatic carboxylic acids is 1. The number of carbonyl (C=O) groups excluding carboxylic acids is 1. The van der Waals surface area contributed by atoms with E-state index in [1.165, 1.54) is 12.1 Å². The second-order valence-corrected chi connectivity index (χ2v) is 9.56. The number of nitrogens with two attached hydrogens (primary N) is 2. The Hall–Kier alpha value is -2.66. The van der Waals surface area contributed by atoms with E-state index in [2.05, 4.69) is 15.0 Å². The van der Waals surface area contributed by atoms with Gasteiger partial charge in [0.1, 0.15) is 11.6 Å². The summed E-state index contributed by atoms with van der Waals surface area (Å²) in [5, 5.41) is 12.0. The SMILES string of the molecule is Cc1ccc(S(=O)(=O)NC2(C(=O)N[C@H](CCCN=C(N)N)C(=O)O)CCCCC2)cc1. The first-order valence-corrected chi connectivity index (χ1v) is 11.7. The lowest BCUT2D eigenvalue weighted by Crippen LogP contribution is -2.61. The molecule has 0 heterocycles. The predicted molar refractivity (Wildman–Crippen MR) is 117 cm³/mol. The molecule has 1 saturated carbocycles. The molecule has 2 rings (SSSR count). The topological polar surface area (TPSA) is 177 Å². The van der Waals surface area contributed by atoms with Crippen molar-refractivity contribution in [3.63, 3.8) is 0 Å². The first-order valence-electron chi connectivity index (χ1n) is 10.3. The molecule has 0 saturated heterocycles. The minimum absolute atomic E-state index is 0.0582. The van der Waals surface area contributed by atoms with Gasteiger partial charge in [0.25, 0.3) is 0 Å². The maximum atomic E-state index is 13.2. The molecular weight excluding hydrogens is 422 g/mol. The molecule has 31 heavy (non-hydrogen) atoms. The van der Waals surface area contributed by atoms with Crippen LogP contribution < -0.4 is 21.5 Å². The first-order chi connectivity index (χ1) is 14.6. The van der Waals surface area contributed by atoms with Crippen molar-refractivity contribution in [2.75, 3.05) is 6.54 Å². The molecule has 10 nitrogen and oxygen atoms in total.